The average molecular weight is 438 g/mol. The summed E-state index contributed by atoms with van der Waals surface area (Å²) in [7, 11) is -3.77. The maximum Gasteiger partial charge on any atom is 0.237 e. The molecule has 0 unspecified atom stereocenters. The third kappa shape index (κ3) is 5.26. The Hall–Kier alpha value is -3.72. The van der Waals surface area contributed by atoms with Crippen LogP contribution in [0.4, 0.5) is 10.1 Å². The van der Waals surface area contributed by atoms with Crippen LogP contribution in [0.1, 0.15) is 11.4 Å². The lowest BCUT2D eigenvalue weighted by atomic mass is 10.2. The molecule has 31 heavy (non-hydrogen) atoms. The van der Waals surface area contributed by atoms with Crippen molar-refractivity contribution in [1.82, 2.24) is 14.5 Å². The van der Waals surface area contributed by atoms with Gasteiger partial charge in [-0.25, -0.2) is 17.8 Å². The van der Waals surface area contributed by atoms with Crippen LogP contribution in [-0.4, -0.2) is 23.0 Å². The van der Waals surface area contributed by atoms with E-state index in [1.54, 1.807) is 43.3 Å². The maximum absolute atomic E-state index is 13.7. The molecule has 4 rings (SSSR count). The van der Waals surface area contributed by atoms with Crippen LogP contribution in [0.2, 0.25) is 0 Å². The summed E-state index contributed by atoms with van der Waals surface area (Å²) >= 11 is 0. The molecule has 1 N–H and O–H groups in total. The molecule has 7 nitrogen and oxygen atoms in total. The zero-order valence-corrected chi connectivity index (χ0v) is 17.4. The van der Waals surface area contributed by atoms with E-state index >= 15 is 0 Å². The Balaban J connectivity index is 1.46. The van der Waals surface area contributed by atoms with Crippen LogP contribution >= 0.6 is 0 Å². The van der Waals surface area contributed by atoms with Gasteiger partial charge in [0, 0.05) is 29.7 Å². The van der Waals surface area contributed by atoms with Gasteiger partial charge >= 0.3 is 0 Å². The molecule has 0 amide bonds. The predicted octanol–water partition coefficient (Wildman–Crippen LogP) is 4.45. The number of aryl methyl sites for hydroxylation is 1. The first-order valence-electron chi connectivity index (χ1n) is 9.39. The number of anilines is 1. The molecule has 0 atom stereocenters. The van der Waals surface area contributed by atoms with Gasteiger partial charge in [-0.1, -0.05) is 18.2 Å². The molecule has 0 saturated heterocycles. The summed E-state index contributed by atoms with van der Waals surface area (Å²) in [6.45, 7) is 1.77. The highest BCUT2D eigenvalue weighted by atomic mass is 32.2. The number of ether oxygens (including phenoxy) is 1. The van der Waals surface area contributed by atoms with Crippen LogP contribution in [0.3, 0.4) is 0 Å². The Morgan fingerprint density at radius 1 is 1.00 bits per heavy atom. The van der Waals surface area contributed by atoms with Gasteiger partial charge in [0.1, 0.15) is 23.2 Å². The van der Waals surface area contributed by atoms with Crippen molar-refractivity contribution in [3.63, 3.8) is 0 Å². The summed E-state index contributed by atoms with van der Waals surface area (Å²) < 4.78 is 48.5. The molecule has 0 aliphatic rings. The molecule has 0 spiro atoms. The average Bonchev–Trinajstić information content (AvgIpc) is 3.25. The molecule has 158 valence electrons. The van der Waals surface area contributed by atoms with Gasteiger partial charge in [0.05, 0.1) is 5.75 Å². The van der Waals surface area contributed by atoms with Gasteiger partial charge in [-0.3, -0.25) is 4.72 Å². The fraction of sp³-hybridized carbons (Fsp3) is 0.0909. The molecule has 4 aromatic rings. The molecule has 0 bridgehead atoms. The third-order valence-electron chi connectivity index (χ3n) is 4.32. The lowest BCUT2D eigenvalue weighted by Crippen LogP contribution is -2.15. The van der Waals surface area contributed by atoms with E-state index in [2.05, 4.69) is 14.7 Å². The van der Waals surface area contributed by atoms with Gasteiger partial charge in [0.2, 0.25) is 15.9 Å². The minimum Gasteiger partial charge on any atom is -0.439 e. The highest BCUT2D eigenvalue weighted by Crippen LogP contribution is 2.24. The van der Waals surface area contributed by atoms with Crippen LogP contribution in [0.25, 0.3) is 5.82 Å². The molecular weight excluding hydrogens is 419 g/mol. The first-order valence-corrected chi connectivity index (χ1v) is 11.0. The van der Waals surface area contributed by atoms with Crippen molar-refractivity contribution < 1.29 is 17.5 Å². The second-order valence-electron chi connectivity index (χ2n) is 6.78. The Bertz CT molecular complexity index is 1290. The number of rotatable bonds is 7. The molecule has 0 fully saturated rings. The normalized spacial score (nSPS) is 11.3. The lowest BCUT2D eigenvalue weighted by molar-refractivity contribution is 0.459. The number of halogens is 1. The van der Waals surface area contributed by atoms with E-state index in [1.165, 1.54) is 18.2 Å². The zero-order chi connectivity index (χ0) is 21.8. The van der Waals surface area contributed by atoms with Gasteiger partial charge in [0.25, 0.3) is 0 Å². The van der Waals surface area contributed by atoms with Gasteiger partial charge in [-0.15, -0.1) is 0 Å². The molecular formula is C22H19FN4O3S. The highest BCUT2D eigenvalue weighted by Gasteiger charge is 2.15. The number of nitrogens with zero attached hydrogens (tertiary/aromatic N) is 3. The third-order valence-corrected chi connectivity index (χ3v) is 5.56. The number of aromatic nitrogens is 3. The zero-order valence-electron chi connectivity index (χ0n) is 16.6. The summed E-state index contributed by atoms with van der Waals surface area (Å²) in [5, 5.41) is 0. The quantitative estimate of drug-likeness (QED) is 0.461. The monoisotopic (exact) mass is 438 g/mol. The van der Waals surface area contributed by atoms with Gasteiger partial charge < -0.3 is 9.30 Å². The second kappa shape index (κ2) is 8.57. The second-order valence-corrected chi connectivity index (χ2v) is 8.50. The van der Waals surface area contributed by atoms with Crippen LogP contribution < -0.4 is 9.46 Å². The van der Waals surface area contributed by atoms with Crippen LogP contribution in [-0.2, 0) is 15.8 Å². The summed E-state index contributed by atoms with van der Waals surface area (Å²) in [5.74, 6) is 1.05. The van der Waals surface area contributed by atoms with E-state index in [-0.39, 0.29) is 5.56 Å². The van der Waals surface area contributed by atoms with Gasteiger partial charge in [-0.05, 0) is 49.4 Å². The number of nitrogens with one attached hydrogen (secondary N) is 1. The smallest absolute Gasteiger partial charge is 0.237 e. The first-order chi connectivity index (χ1) is 14.9. The Labute approximate surface area is 179 Å². The Morgan fingerprint density at radius 2 is 1.71 bits per heavy atom. The van der Waals surface area contributed by atoms with Crippen molar-refractivity contribution in [2.75, 3.05) is 4.72 Å². The molecule has 2 aromatic carbocycles. The summed E-state index contributed by atoms with van der Waals surface area (Å²) in [6, 6.07) is 17.6. The predicted molar refractivity (Wildman–Crippen MR) is 115 cm³/mol. The van der Waals surface area contributed by atoms with E-state index < -0.39 is 21.6 Å². The van der Waals surface area contributed by atoms with Gasteiger partial charge in [0.15, 0.2) is 0 Å². The Kier molecular flexibility index (Phi) is 5.68. The largest absolute Gasteiger partial charge is 0.439 e. The lowest BCUT2D eigenvalue weighted by Gasteiger charge is -2.11. The molecule has 0 aliphatic heterocycles. The van der Waals surface area contributed by atoms with Crippen molar-refractivity contribution in [3.8, 4) is 17.4 Å². The SMILES string of the molecule is Cc1nc(Oc2ccc(NS(=O)(=O)Cc3ccccc3F)cc2)cc(-n2cccc2)n1. The van der Waals surface area contributed by atoms with Crippen molar-refractivity contribution in [3.05, 3.63) is 96.3 Å². The maximum atomic E-state index is 13.7. The molecule has 2 aromatic heterocycles. The van der Waals surface area contributed by atoms with Crippen molar-refractivity contribution in [2.45, 2.75) is 12.7 Å². The number of hydrogen-bond donors (Lipinski definition) is 1. The first kappa shape index (κ1) is 20.5. The van der Waals surface area contributed by atoms with Crippen molar-refractivity contribution in [2.24, 2.45) is 0 Å². The highest BCUT2D eigenvalue weighted by molar-refractivity contribution is 7.91. The Morgan fingerprint density at radius 3 is 2.42 bits per heavy atom. The van der Waals surface area contributed by atoms with Gasteiger partial charge in [-0.2, -0.15) is 4.98 Å². The summed E-state index contributed by atoms with van der Waals surface area (Å²) in [4.78, 5) is 8.66. The molecule has 9 heteroatoms. The standard InChI is InChI=1S/C22H19FN4O3S/c1-16-24-21(27-12-4-5-13-27)14-22(25-16)30-19-10-8-18(9-11-19)26-31(28,29)15-17-6-2-3-7-20(17)23/h2-14,26H,15H2,1H3. The van der Waals surface area contributed by atoms with Crippen LogP contribution in [0, 0.1) is 12.7 Å². The number of sulfonamides is 1. The molecule has 2 heterocycles. The van der Waals surface area contributed by atoms with E-state index in [4.69, 9.17) is 4.74 Å². The van der Waals surface area contributed by atoms with E-state index in [0.29, 0.717) is 29.0 Å². The minimum atomic E-state index is -3.77. The van der Waals surface area contributed by atoms with Crippen LogP contribution in [0.5, 0.6) is 11.6 Å². The number of benzene rings is 2. The van der Waals surface area contributed by atoms with E-state index in [9.17, 15) is 12.8 Å². The fourth-order valence-corrected chi connectivity index (χ4v) is 4.16. The summed E-state index contributed by atoms with van der Waals surface area (Å²) in [6.07, 6.45) is 3.74. The molecule has 0 radical (unpaired) electrons. The number of hydrogen-bond acceptors (Lipinski definition) is 5. The van der Waals surface area contributed by atoms with Crippen molar-refractivity contribution >= 4 is 15.7 Å². The van der Waals surface area contributed by atoms with Crippen molar-refractivity contribution in [1.29, 1.82) is 0 Å². The van der Waals surface area contributed by atoms with E-state index in [1.807, 2.05) is 29.1 Å². The fourth-order valence-electron chi connectivity index (χ4n) is 2.94. The molecule has 0 aliphatic carbocycles. The molecule has 0 saturated carbocycles. The van der Waals surface area contributed by atoms with E-state index in [0.717, 1.165) is 0 Å². The minimum absolute atomic E-state index is 0.104. The summed E-state index contributed by atoms with van der Waals surface area (Å²) in [5.41, 5.74) is 0.447. The topological polar surface area (TPSA) is 86.1 Å². The van der Waals surface area contributed by atoms with Crippen LogP contribution in [0.15, 0.2) is 79.1 Å².